The van der Waals surface area contributed by atoms with Crippen molar-refractivity contribution in [2.75, 3.05) is 0 Å². The van der Waals surface area contributed by atoms with Gasteiger partial charge in [-0.3, -0.25) is 0 Å². The van der Waals surface area contributed by atoms with Crippen molar-refractivity contribution in [2.45, 2.75) is 6.92 Å². The predicted octanol–water partition coefficient (Wildman–Crippen LogP) is 6.22. The molecular formula is C22H16N2S. The number of aryl methyl sites for hydroxylation is 1. The van der Waals surface area contributed by atoms with Crippen molar-refractivity contribution in [1.29, 1.82) is 0 Å². The van der Waals surface area contributed by atoms with Gasteiger partial charge in [0.05, 0.1) is 11.9 Å². The molecular weight excluding hydrogens is 324 g/mol. The summed E-state index contributed by atoms with van der Waals surface area (Å²) in [6.07, 6.45) is 4.05. The topological polar surface area (TPSA) is 17.8 Å². The summed E-state index contributed by atoms with van der Waals surface area (Å²) in [6, 6.07) is 23.6. The fraction of sp³-hybridized carbons (Fsp3) is 0.0455. The summed E-state index contributed by atoms with van der Waals surface area (Å²) in [5, 5.41) is 7.23. The van der Waals surface area contributed by atoms with Gasteiger partial charge in [-0.2, -0.15) is 5.10 Å². The second-order valence-corrected chi connectivity index (χ2v) is 7.35. The van der Waals surface area contributed by atoms with Crippen LogP contribution in [0.5, 0.6) is 0 Å². The summed E-state index contributed by atoms with van der Waals surface area (Å²) < 4.78 is 4.62. The highest BCUT2D eigenvalue weighted by atomic mass is 32.1. The van der Waals surface area contributed by atoms with Crippen molar-refractivity contribution >= 4 is 31.5 Å². The third kappa shape index (κ3) is 2.36. The van der Waals surface area contributed by atoms with Crippen molar-refractivity contribution in [3.63, 3.8) is 0 Å². The average molecular weight is 340 g/mol. The van der Waals surface area contributed by atoms with Gasteiger partial charge in [-0.15, -0.1) is 11.3 Å². The molecule has 5 aromatic rings. The Labute approximate surface area is 150 Å². The summed E-state index contributed by atoms with van der Waals surface area (Å²) >= 11 is 1.85. The summed E-state index contributed by atoms with van der Waals surface area (Å²) in [7, 11) is 0. The molecule has 0 aliphatic rings. The Morgan fingerprint density at radius 2 is 1.60 bits per heavy atom. The standard InChI is InChI=1S/C22H16N2S/c1-15-6-2-4-8-20(15)24-14-17(13-23-24)16-10-11-19-18-7-3-5-9-21(18)25-22(19)12-16/h2-14H,1H3. The van der Waals surface area contributed by atoms with Gasteiger partial charge < -0.3 is 0 Å². The van der Waals surface area contributed by atoms with Crippen LogP contribution in [-0.4, -0.2) is 9.78 Å². The maximum absolute atomic E-state index is 4.57. The zero-order valence-electron chi connectivity index (χ0n) is 13.8. The van der Waals surface area contributed by atoms with Crippen molar-refractivity contribution in [1.82, 2.24) is 9.78 Å². The summed E-state index contributed by atoms with van der Waals surface area (Å²) in [5.41, 5.74) is 4.69. The number of nitrogens with zero attached hydrogens (tertiary/aromatic N) is 2. The van der Waals surface area contributed by atoms with Crippen LogP contribution >= 0.6 is 11.3 Å². The molecule has 0 aliphatic heterocycles. The summed E-state index contributed by atoms with van der Waals surface area (Å²) in [5.74, 6) is 0. The minimum absolute atomic E-state index is 1.12. The van der Waals surface area contributed by atoms with Crippen LogP contribution in [0.25, 0.3) is 37.0 Å². The van der Waals surface area contributed by atoms with E-state index < -0.39 is 0 Å². The number of para-hydroxylation sites is 1. The fourth-order valence-electron chi connectivity index (χ4n) is 3.33. The van der Waals surface area contributed by atoms with E-state index in [1.165, 1.54) is 31.3 Å². The molecule has 0 atom stereocenters. The molecule has 0 aliphatic carbocycles. The van der Waals surface area contributed by atoms with Gasteiger partial charge in [0.1, 0.15) is 0 Å². The van der Waals surface area contributed by atoms with Crippen LogP contribution in [0.15, 0.2) is 79.1 Å². The van der Waals surface area contributed by atoms with E-state index in [9.17, 15) is 0 Å². The van der Waals surface area contributed by atoms with Gasteiger partial charge in [0.2, 0.25) is 0 Å². The van der Waals surface area contributed by atoms with Crippen LogP contribution < -0.4 is 0 Å². The van der Waals surface area contributed by atoms with E-state index in [0.29, 0.717) is 0 Å². The Bertz CT molecular complexity index is 1210. The van der Waals surface area contributed by atoms with Crippen molar-refractivity contribution < 1.29 is 0 Å². The molecule has 25 heavy (non-hydrogen) atoms. The molecule has 0 spiro atoms. The van der Waals surface area contributed by atoms with Crippen LogP contribution in [0.3, 0.4) is 0 Å². The van der Waals surface area contributed by atoms with Crippen LogP contribution in [-0.2, 0) is 0 Å². The molecule has 0 unspecified atom stereocenters. The third-order valence-corrected chi connectivity index (χ3v) is 5.79. The lowest BCUT2D eigenvalue weighted by Crippen LogP contribution is -1.96. The van der Waals surface area contributed by atoms with E-state index in [1.807, 2.05) is 28.3 Å². The number of rotatable bonds is 2. The zero-order valence-corrected chi connectivity index (χ0v) is 14.6. The van der Waals surface area contributed by atoms with Crippen molar-refractivity contribution in [2.24, 2.45) is 0 Å². The Hall–Kier alpha value is -2.91. The molecule has 0 fully saturated rings. The molecule has 120 valence electrons. The first-order valence-corrected chi connectivity index (χ1v) is 9.13. The molecule has 5 rings (SSSR count). The lowest BCUT2D eigenvalue weighted by molar-refractivity contribution is 0.873. The number of hydrogen-bond acceptors (Lipinski definition) is 2. The maximum Gasteiger partial charge on any atom is 0.0674 e. The number of benzene rings is 3. The lowest BCUT2D eigenvalue weighted by atomic mass is 10.1. The number of hydrogen-bond donors (Lipinski definition) is 0. The first kappa shape index (κ1) is 14.4. The summed E-state index contributed by atoms with van der Waals surface area (Å²) in [4.78, 5) is 0. The van der Waals surface area contributed by atoms with Gasteiger partial charge in [0.15, 0.2) is 0 Å². The van der Waals surface area contributed by atoms with Gasteiger partial charge >= 0.3 is 0 Å². The highest BCUT2D eigenvalue weighted by molar-refractivity contribution is 7.25. The normalized spacial score (nSPS) is 11.4. The maximum atomic E-state index is 4.57. The SMILES string of the molecule is Cc1ccccc1-n1cc(-c2ccc3c(c2)sc2ccccc23)cn1. The third-order valence-electron chi connectivity index (χ3n) is 4.66. The monoisotopic (exact) mass is 340 g/mol. The molecule has 2 aromatic heterocycles. The lowest BCUT2D eigenvalue weighted by Gasteiger charge is -2.04. The van der Waals surface area contributed by atoms with Crippen molar-refractivity contribution in [3.05, 3.63) is 84.7 Å². The molecule has 0 saturated heterocycles. The Morgan fingerprint density at radius 3 is 2.52 bits per heavy atom. The highest BCUT2D eigenvalue weighted by Gasteiger charge is 2.09. The van der Waals surface area contributed by atoms with Crippen LogP contribution in [0.4, 0.5) is 0 Å². The number of aromatic nitrogens is 2. The molecule has 0 saturated carbocycles. The number of fused-ring (bicyclic) bond motifs is 3. The average Bonchev–Trinajstić information content (AvgIpc) is 3.26. The van der Waals surface area contributed by atoms with E-state index in [2.05, 4.69) is 78.9 Å². The van der Waals surface area contributed by atoms with E-state index in [-0.39, 0.29) is 0 Å². The molecule has 0 N–H and O–H groups in total. The second kappa shape index (κ2) is 5.57. The minimum Gasteiger partial charge on any atom is -0.240 e. The molecule has 3 aromatic carbocycles. The van der Waals surface area contributed by atoms with Gasteiger partial charge in [0, 0.05) is 31.9 Å². The smallest absolute Gasteiger partial charge is 0.0674 e. The Balaban J connectivity index is 1.62. The van der Waals surface area contributed by atoms with E-state index >= 15 is 0 Å². The Morgan fingerprint density at radius 1 is 0.800 bits per heavy atom. The largest absolute Gasteiger partial charge is 0.240 e. The summed E-state index contributed by atoms with van der Waals surface area (Å²) in [6.45, 7) is 2.11. The minimum atomic E-state index is 1.12. The second-order valence-electron chi connectivity index (χ2n) is 6.27. The first-order valence-electron chi connectivity index (χ1n) is 8.32. The van der Waals surface area contributed by atoms with Crippen LogP contribution in [0.1, 0.15) is 5.56 Å². The highest BCUT2D eigenvalue weighted by Crippen LogP contribution is 2.36. The molecule has 2 heterocycles. The fourth-order valence-corrected chi connectivity index (χ4v) is 4.47. The van der Waals surface area contributed by atoms with Gasteiger partial charge in [-0.25, -0.2) is 4.68 Å². The Kier molecular flexibility index (Phi) is 3.22. The number of thiophene rings is 1. The zero-order chi connectivity index (χ0) is 16.8. The van der Waals surface area contributed by atoms with Crippen molar-refractivity contribution in [3.8, 4) is 16.8 Å². The quantitative estimate of drug-likeness (QED) is 0.373. The van der Waals surface area contributed by atoms with Crippen LogP contribution in [0, 0.1) is 6.92 Å². The predicted molar refractivity (Wildman–Crippen MR) is 107 cm³/mol. The van der Waals surface area contributed by atoms with Gasteiger partial charge in [0.25, 0.3) is 0 Å². The molecule has 0 radical (unpaired) electrons. The molecule has 0 amide bonds. The van der Waals surface area contributed by atoms with E-state index in [4.69, 9.17) is 0 Å². The molecule has 0 bridgehead atoms. The van der Waals surface area contributed by atoms with Crippen LogP contribution in [0.2, 0.25) is 0 Å². The van der Waals surface area contributed by atoms with E-state index in [0.717, 1.165) is 11.3 Å². The van der Waals surface area contributed by atoms with E-state index in [1.54, 1.807) is 0 Å². The molecule has 3 heteroatoms. The first-order chi connectivity index (χ1) is 12.3. The molecule has 2 nitrogen and oxygen atoms in total. The van der Waals surface area contributed by atoms with Gasteiger partial charge in [-0.05, 0) is 36.2 Å². The van der Waals surface area contributed by atoms with Gasteiger partial charge in [-0.1, -0.05) is 48.5 Å².